The van der Waals surface area contributed by atoms with Crippen LogP contribution < -0.4 is 11.1 Å². The second-order valence-corrected chi connectivity index (χ2v) is 5.77. The van der Waals surface area contributed by atoms with Crippen LogP contribution in [0.25, 0.3) is 0 Å². The van der Waals surface area contributed by atoms with Gasteiger partial charge in [-0.15, -0.1) is 0 Å². The molecule has 0 atom stereocenters. The van der Waals surface area contributed by atoms with Crippen LogP contribution in [0, 0.1) is 13.8 Å². The minimum absolute atomic E-state index is 0.0305. The van der Waals surface area contributed by atoms with E-state index in [1.165, 1.54) is 6.42 Å². The van der Waals surface area contributed by atoms with E-state index in [0.29, 0.717) is 6.54 Å². The molecule has 3 N–H and O–H groups in total. The number of benzene rings is 1. The number of hydrogen-bond donors (Lipinski definition) is 2. The molecule has 0 aromatic heterocycles. The normalized spacial score (nSPS) is 18.1. The van der Waals surface area contributed by atoms with E-state index in [2.05, 4.69) is 5.32 Å². The highest BCUT2D eigenvalue weighted by Crippen LogP contribution is 2.28. The molecule has 0 radical (unpaired) electrons. The summed E-state index contributed by atoms with van der Waals surface area (Å²) in [5.74, 6) is 0.0305. The Hall–Kier alpha value is -1.35. The molecule has 0 aliphatic heterocycles. The lowest BCUT2D eigenvalue weighted by Crippen LogP contribution is -2.54. The number of aryl methyl sites for hydroxylation is 2. The summed E-state index contributed by atoms with van der Waals surface area (Å²) in [6.45, 7) is 4.50. The van der Waals surface area contributed by atoms with Crippen molar-refractivity contribution < 1.29 is 4.79 Å². The van der Waals surface area contributed by atoms with E-state index in [9.17, 15) is 4.79 Å². The Morgan fingerprint density at radius 1 is 1.21 bits per heavy atom. The molecule has 1 aromatic rings. The molecule has 0 heterocycles. The molecule has 3 heteroatoms. The predicted molar refractivity (Wildman–Crippen MR) is 78.3 cm³/mol. The lowest BCUT2D eigenvalue weighted by atomic mass is 9.81. The minimum atomic E-state index is -0.190. The van der Waals surface area contributed by atoms with Gasteiger partial charge in [0.05, 0.1) is 5.54 Å². The van der Waals surface area contributed by atoms with Gasteiger partial charge in [-0.05, 0) is 37.8 Å². The number of rotatable bonds is 3. The second kappa shape index (κ2) is 5.74. The molecule has 1 fully saturated rings. The number of carbonyl (C=O) groups is 1. The van der Waals surface area contributed by atoms with E-state index in [0.717, 1.165) is 42.4 Å². The zero-order valence-electron chi connectivity index (χ0n) is 12.0. The van der Waals surface area contributed by atoms with Crippen molar-refractivity contribution in [1.29, 1.82) is 0 Å². The predicted octanol–water partition coefficient (Wildman–Crippen LogP) is 2.69. The van der Waals surface area contributed by atoms with Crippen LogP contribution in [0.3, 0.4) is 0 Å². The second-order valence-electron chi connectivity index (χ2n) is 5.77. The third-order valence-corrected chi connectivity index (χ3v) is 4.29. The van der Waals surface area contributed by atoms with Crippen molar-refractivity contribution in [2.45, 2.75) is 51.5 Å². The fourth-order valence-electron chi connectivity index (χ4n) is 3.08. The van der Waals surface area contributed by atoms with Gasteiger partial charge in [0.25, 0.3) is 5.91 Å². The van der Waals surface area contributed by atoms with E-state index in [1.807, 2.05) is 32.0 Å². The fourth-order valence-corrected chi connectivity index (χ4v) is 3.08. The maximum absolute atomic E-state index is 12.6. The maximum Gasteiger partial charge on any atom is 0.252 e. The van der Waals surface area contributed by atoms with Crippen molar-refractivity contribution in [2.24, 2.45) is 5.73 Å². The first-order chi connectivity index (χ1) is 9.08. The molecule has 19 heavy (non-hydrogen) atoms. The standard InChI is InChI=1S/C16H24N2O/c1-12-7-6-8-13(2)14(12)15(19)18-16(11-17)9-4-3-5-10-16/h6-8H,3-5,9-11,17H2,1-2H3,(H,18,19). The largest absolute Gasteiger partial charge is 0.345 e. The Balaban J connectivity index is 2.20. The number of carbonyl (C=O) groups excluding carboxylic acids is 1. The van der Waals surface area contributed by atoms with Gasteiger partial charge in [0, 0.05) is 12.1 Å². The molecule has 1 aliphatic rings. The third-order valence-electron chi connectivity index (χ3n) is 4.29. The van der Waals surface area contributed by atoms with Gasteiger partial charge in [0.15, 0.2) is 0 Å². The van der Waals surface area contributed by atoms with E-state index in [4.69, 9.17) is 5.73 Å². The number of nitrogens with two attached hydrogens (primary N) is 1. The highest BCUT2D eigenvalue weighted by Gasteiger charge is 2.32. The van der Waals surface area contributed by atoms with Crippen LogP contribution in [0.5, 0.6) is 0 Å². The third kappa shape index (κ3) is 2.98. The molecule has 1 saturated carbocycles. The number of hydrogen-bond acceptors (Lipinski definition) is 2. The summed E-state index contributed by atoms with van der Waals surface area (Å²) in [6, 6.07) is 5.95. The van der Waals surface area contributed by atoms with Crippen LogP contribution in [0.15, 0.2) is 18.2 Å². The Morgan fingerprint density at radius 3 is 2.32 bits per heavy atom. The molecular formula is C16H24N2O. The highest BCUT2D eigenvalue weighted by molar-refractivity contribution is 5.97. The summed E-state index contributed by atoms with van der Waals surface area (Å²) in [5.41, 5.74) is 8.60. The average Bonchev–Trinajstić information content (AvgIpc) is 2.39. The lowest BCUT2D eigenvalue weighted by Gasteiger charge is -2.37. The van der Waals surface area contributed by atoms with Crippen LogP contribution in [0.1, 0.15) is 53.6 Å². The van der Waals surface area contributed by atoms with E-state index in [1.54, 1.807) is 0 Å². The van der Waals surface area contributed by atoms with Gasteiger partial charge in [0.2, 0.25) is 0 Å². The number of amides is 1. The van der Waals surface area contributed by atoms with Gasteiger partial charge in [-0.1, -0.05) is 37.5 Å². The molecule has 1 aliphatic carbocycles. The van der Waals surface area contributed by atoms with E-state index >= 15 is 0 Å². The van der Waals surface area contributed by atoms with E-state index in [-0.39, 0.29) is 11.4 Å². The summed E-state index contributed by atoms with van der Waals surface area (Å²) in [7, 11) is 0. The van der Waals surface area contributed by atoms with Crippen LogP contribution in [-0.2, 0) is 0 Å². The molecule has 0 spiro atoms. The average molecular weight is 260 g/mol. The van der Waals surface area contributed by atoms with Crippen molar-refractivity contribution in [1.82, 2.24) is 5.32 Å². The Bertz CT molecular complexity index is 442. The molecule has 1 aromatic carbocycles. The maximum atomic E-state index is 12.6. The molecule has 3 nitrogen and oxygen atoms in total. The van der Waals surface area contributed by atoms with Crippen LogP contribution >= 0.6 is 0 Å². The SMILES string of the molecule is Cc1cccc(C)c1C(=O)NC1(CN)CCCCC1. The Labute approximate surface area is 115 Å². The van der Waals surface area contributed by atoms with Crippen molar-refractivity contribution in [3.05, 3.63) is 34.9 Å². The van der Waals surface area contributed by atoms with Gasteiger partial charge in [-0.2, -0.15) is 0 Å². The van der Waals surface area contributed by atoms with Crippen molar-refractivity contribution in [3.63, 3.8) is 0 Å². The Kier molecular flexibility index (Phi) is 4.25. The topological polar surface area (TPSA) is 55.1 Å². The highest BCUT2D eigenvalue weighted by atomic mass is 16.1. The fraction of sp³-hybridized carbons (Fsp3) is 0.562. The van der Waals surface area contributed by atoms with Crippen molar-refractivity contribution in [2.75, 3.05) is 6.54 Å². The quantitative estimate of drug-likeness (QED) is 0.878. The zero-order chi connectivity index (χ0) is 13.9. The summed E-state index contributed by atoms with van der Waals surface area (Å²) >= 11 is 0. The summed E-state index contributed by atoms with van der Waals surface area (Å²) < 4.78 is 0. The van der Waals surface area contributed by atoms with Crippen molar-refractivity contribution in [3.8, 4) is 0 Å². The van der Waals surface area contributed by atoms with Crippen LogP contribution in [-0.4, -0.2) is 18.0 Å². The molecule has 1 amide bonds. The first kappa shape index (κ1) is 14.1. The number of nitrogens with one attached hydrogen (secondary N) is 1. The monoisotopic (exact) mass is 260 g/mol. The summed E-state index contributed by atoms with van der Waals surface area (Å²) in [6.07, 6.45) is 5.57. The first-order valence-electron chi connectivity index (χ1n) is 7.17. The van der Waals surface area contributed by atoms with Crippen molar-refractivity contribution >= 4 is 5.91 Å². The van der Waals surface area contributed by atoms with Gasteiger partial charge in [-0.25, -0.2) is 0 Å². The smallest absolute Gasteiger partial charge is 0.252 e. The van der Waals surface area contributed by atoms with Gasteiger partial charge in [-0.3, -0.25) is 4.79 Å². The van der Waals surface area contributed by atoms with Crippen LogP contribution in [0.2, 0.25) is 0 Å². The van der Waals surface area contributed by atoms with Gasteiger partial charge >= 0.3 is 0 Å². The lowest BCUT2D eigenvalue weighted by molar-refractivity contribution is 0.0873. The zero-order valence-corrected chi connectivity index (χ0v) is 12.0. The first-order valence-corrected chi connectivity index (χ1v) is 7.17. The summed E-state index contributed by atoms with van der Waals surface area (Å²) in [5, 5.41) is 3.22. The molecular weight excluding hydrogens is 236 g/mol. The molecule has 104 valence electrons. The molecule has 2 rings (SSSR count). The van der Waals surface area contributed by atoms with Gasteiger partial charge in [0.1, 0.15) is 0 Å². The molecule has 0 saturated heterocycles. The Morgan fingerprint density at radius 2 is 1.79 bits per heavy atom. The van der Waals surface area contributed by atoms with E-state index < -0.39 is 0 Å². The minimum Gasteiger partial charge on any atom is -0.345 e. The molecule has 0 bridgehead atoms. The molecule has 0 unspecified atom stereocenters. The summed E-state index contributed by atoms with van der Waals surface area (Å²) in [4.78, 5) is 12.6. The van der Waals surface area contributed by atoms with Gasteiger partial charge < -0.3 is 11.1 Å². The van der Waals surface area contributed by atoms with Crippen LogP contribution in [0.4, 0.5) is 0 Å².